The zero-order chi connectivity index (χ0) is 10.7. The van der Waals surface area contributed by atoms with E-state index in [1.165, 1.54) is 12.1 Å². The van der Waals surface area contributed by atoms with Crippen LogP contribution in [0.2, 0.25) is 0 Å². The van der Waals surface area contributed by atoms with Crippen molar-refractivity contribution >= 4 is 11.8 Å². The Morgan fingerprint density at radius 2 is 2.00 bits per heavy atom. The first-order valence-corrected chi connectivity index (χ1v) is 3.75. The van der Waals surface area contributed by atoms with Crippen molar-refractivity contribution in [2.24, 2.45) is 0 Å². The summed E-state index contributed by atoms with van der Waals surface area (Å²) in [5.74, 6) is -4.29. The maximum absolute atomic E-state index is 13.0. The summed E-state index contributed by atoms with van der Waals surface area (Å²) in [6.45, 7) is 0. The smallest absolute Gasteiger partial charge is 0.372 e. The molecule has 1 aromatic carbocycles. The van der Waals surface area contributed by atoms with Crippen LogP contribution in [0.25, 0.3) is 0 Å². The molecule has 0 spiro atoms. The van der Waals surface area contributed by atoms with Crippen LogP contribution in [0.5, 0.6) is 5.75 Å². The Bertz CT molecular complexity index is 386. The fourth-order valence-electron chi connectivity index (χ4n) is 0.951. The van der Waals surface area contributed by atoms with E-state index in [0.717, 1.165) is 6.07 Å². The molecule has 0 bridgehead atoms. The molecule has 0 fully saturated rings. The van der Waals surface area contributed by atoms with Crippen molar-refractivity contribution in [3.63, 3.8) is 0 Å². The van der Waals surface area contributed by atoms with Crippen molar-refractivity contribution in [2.75, 3.05) is 0 Å². The zero-order valence-electron chi connectivity index (χ0n) is 7.03. The molecule has 0 aromatic heterocycles. The predicted molar refractivity (Wildman–Crippen MR) is 44.4 cm³/mol. The number of halogens is 1. The molecule has 0 heterocycles. The Hall–Kier alpha value is -1.91. The Morgan fingerprint density at radius 3 is 2.57 bits per heavy atom. The summed E-state index contributed by atoms with van der Waals surface area (Å²) in [5, 5.41) is 17.2. The van der Waals surface area contributed by atoms with Crippen molar-refractivity contribution in [3.8, 4) is 5.75 Å². The van der Waals surface area contributed by atoms with Crippen LogP contribution in [0.3, 0.4) is 0 Å². The molecule has 0 saturated carbocycles. The fraction of sp³-hybridized carbons (Fsp3) is 0.111. The van der Waals surface area contributed by atoms with E-state index >= 15 is 0 Å². The number of ketones is 1. The lowest BCUT2D eigenvalue weighted by atomic mass is 10.1. The molecule has 1 rings (SSSR count). The number of hydrogen-bond acceptors (Lipinski definition) is 3. The number of benzene rings is 1. The number of rotatable bonds is 3. The summed E-state index contributed by atoms with van der Waals surface area (Å²) < 4.78 is 13.0. The van der Waals surface area contributed by atoms with Gasteiger partial charge >= 0.3 is 5.97 Å². The average molecular weight is 198 g/mol. The highest BCUT2D eigenvalue weighted by Gasteiger charge is 2.16. The molecule has 5 heteroatoms. The number of carboxylic acids is 1. The quantitative estimate of drug-likeness (QED) is 0.702. The van der Waals surface area contributed by atoms with Gasteiger partial charge in [-0.05, 0) is 11.6 Å². The van der Waals surface area contributed by atoms with Crippen LogP contribution in [0.15, 0.2) is 18.2 Å². The first kappa shape index (κ1) is 10.2. The van der Waals surface area contributed by atoms with Gasteiger partial charge in [0.25, 0.3) is 0 Å². The van der Waals surface area contributed by atoms with Gasteiger partial charge in [-0.3, -0.25) is 4.79 Å². The van der Waals surface area contributed by atoms with Gasteiger partial charge in [-0.25, -0.2) is 9.18 Å². The van der Waals surface area contributed by atoms with E-state index in [1.807, 2.05) is 0 Å². The third-order valence-electron chi connectivity index (χ3n) is 1.65. The molecule has 4 nitrogen and oxygen atoms in total. The molecular weight excluding hydrogens is 191 g/mol. The van der Waals surface area contributed by atoms with Gasteiger partial charge in [0, 0.05) is 6.42 Å². The number of phenolic OH excluding ortho intramolecular Hbond substituents is 1. The lowest BCUT2D eigenvalue weighted by molar-refractivity contribution is -0.148. The van der Waals surface area contributed by atoms with E-state index in [1.54, 1.807) is 0 Å². The Morgan fingerprint density at radius 1 is 1.36 bits per heavy atom. The van der Waals surface area contributed by atoms with Crippen LogP contribution in [-0.2, 0) is 16.0 Å². The Kier molecular flexibility index (Phi) is 2.81. The van der Waals surface area contributed by atoms with E-state index in [9.17, 15) is 14.0 Å². The van der Waals surface area contributed by atoms with Gasteiger partial charge in [-0.2, -0.15) is 0 Å². The van der Waals surface area contributed by atoms with Crippen molar-refractivity contribution in [3.05, 3.63) is 29.6 Å². The second kappa shape index (κ2) is 3.87. The molecule has 14 heavy (non-hydrogen) atoms. The Labute approximate surface area is 78.6 Å². The number of Topliss-reactive ketones (excluding diaryl/α,β-unsaturated/α-hetero) is 1. The average Bonchev–Trinajstić information content (AvgIpc) is 2.12. The number of hydrogen-bond donors (Lipinski definition) is 2. The van der Waals surface area contributed by atoms with Crippen molar-refractivity contribution in [1.29, 1.82) is 0 Å². The molecule has 2 N–H and O–H groups in total. The standard InChI is InChI=1S/C9H7FO4/c10-8-5(2-1-3-6(8)11)4-7(12)9(13)14/h1-3,11H,4H2,(H,13,14). The van der Waals surface area contributed by atoms with Crippen molar-refractivity contribution in [1.82, 2.24) is 0 Å². The predicted octanol–water partition coefficient (Wildman–Crippen LogP) is 0.728. The normalized spacial score (nSPS) is 9.79. The lowest BCUT2D eigenvalue weighted by Crippen LogP contribution is -2.15. The van der Waals surface area contributed by atoms with Crippen molar-refractivity contribution < 1.29 is 24.2 Å². The van der Waals surface area contributed by atoms with Crippen LogP contribution in [-0.4, -0.2) is 22.0 Å². The van der Waals surface area contributed by atoms with Gasteiger partial charge in [-0.1, -0.05) is 12.1 Å². The summed E-state index contributed by atoms with van der Waals surface area (Å²) in [5.41, 5.74) is -0.127. The van der Waals surface area contributed by atoms with E-state index in [4.69, 9.17) is 10.2 Å². The highest BCUT2D eigenvalue weighted by Crippen LogP contribution is 2.18. The minimum absolute atomic E-state index is 0.127. The maximum Gasteiger partial charge on any atom is 0.372 e. The number of aromatic hydroxyl groups is 1. The van der Waals surface area contributed by atoms with Crippen LogP contribution >= 0.6 is 0 Å². The van der Waals surface area contributed by atoms with Gasteiger partial charge < -0.3 is 10.2 Å². The molecule has 0 radical (unpaired) electrons. The third kappa shape index (κ3) is 2.07. The molecule has 74 valence electrons. The first-order chi connectivity index (χ1) is 6.52. The number of carboxylic acid groups (broad SMARTS) is 1. The monoisotopic (exact) mass is 198 g/mol. The number of aliphatic carboxylic acids is 1. The summed E-state index contributed by atoms with van der Waals surface area (Å²) >= 11 is 0. The van der Waals surface area contributed by atoms with Gasteiger partial charge in [0.2, 0.25) is 5.78 Å². The van der Waals surface area contributed by atoms with Crippen LogP contribution in [0.1, 0.15) is 5.56 Å². The van der Waals surface area contributed by atoms with E-state index in [0.29, 0.717) is 0 Å². The molecule has 0 aliphatic heterocycles. The van der Waals surface area contributed by atoms with Gasteiger partial charge in [-0.15, -0.1) is 0 Å². The van der Waals surface area contributed by atoms with E-state index < -0.39 is 29.7 Å². The molecule has 0 unspecified atom stereocenters. The van der Waals surface area contributed by atoms with E-state index in [2.05, 4.69) is 0 Å². The topological polar surface area (TPSA) is 74.6 Å². The summed E-state index contributed by atoms with van der Waals surface area (Å²) in [7, 11) is 0. The molecule has 0 amide bonds. The Balaban J connectivity index is 2.93. The summed E-state index contributed by atoms with van der Waals surface area (Å²) in [6.07, 6.45) is -0.560. The van der Waals surface area contributed by atoms with Gasteiger partial charge in [0.1, 0.15) is 0 Å². The molecule has 0 aliphatic rings. The van der Waals surface area contributed by atoms with Gasteiger partial charge in [0.05, 0.1) is 0 Å². The zero-order valence-corrected chi connectivity index (χ0v) is 7.03. The van der Waals surface area contributed by atoms with Crippen LogP contribution in [0, 0.1) is 5.82 Å². The molecular formula is C9H7FO4. The maximum atomic E-state index is 13.0. The number of carbonyl (C=O) groups excluding carboxylic acids is 1. The van der Waals surface area contributed by atoms with Crippen molar-refractivity contribution in [2.45, 2.75) is 6.42 Å². The molecule has 1 aromatic rings. The third-order valence-corrected chi connectivity index (χ3v) is 1.65. The highest BCUT2D eigenvalue weighted by molar-refractivity contribution is 6.33. The SMILES string of the molecule is O=C(O)C(=O)Cc1cccc(O)c1F. The van der Waals surface area contributed by atoms with Crippen LogP contribution < -0.4 is 0 Å². The first-order valence-electron chi connectivity index (χ1n) is 3.75. The second-order valence-electron chi connectivity index (χ2n) is 2.66. The summed E-state index contributed by atoms with van der Waals surface area (Å²) in [4.78, 5) is 20.9. The molecule has 0 aliphatic carbocycles. The van der Waals surface area contributed by atoms with E-state index in [-0.39, 0.29) is 5.56 Å². The fourth-order valence-corrected chi connectivity index (χ4v) is 0.951. The van der Waals surface area contributed by atoms with Crippen LogP contribution in [0.4, 0.5) is 4.39 Å². The minimum atomic E-state index is -1.62. The molecule has 0 saturated heterocycles. The minimum Gasteiger partial charge on any atom is -0.505 e. The summed E-state index contributed by atoms with van der Waals surface area (Å²) in [6, 6.07) is 3.70. The highest BCUT2D eigenvalue weighted by atomic mass is 19.1. The number of carbonyl (C=O) groups is 2. The molecule has 0 atom stereocenters. The second-order valence-corrected chi connectivity index (χ2v) is 2.66. The van der Waals surface area contributed by atoms with Gasteiger partial charge in [0.15, 0.2) is 11.6 Å². The lowest BCUT2D eigenvalue weighted by Gasteiger charge is -2.01. The number of phenols is 1. The largest absolute Gasteiger partial charge is 0.505 e.